The van der Waals surface area contributed by atoms with Crippen molar-refractivity contribution in [3.05, 3.63) is 68.0 Å². The number of benzene rings is 2. The molecular formula is C17H19FIN. The van der Waals surface area contributed by atoms with E-state index in [1.807, 2.05) is 20.0 Å². The summed E-state index contributed by atoms with van der Waals surface area (Å²) in [6.07, 6.45) is 0.863. The molecule has 1 N–H and O–H groups in total. The highest BCUT2D eigenvalue weighted by atomic mass is 127. The molecule has 0 fully saturated rings. The Hall–Kier alpha value is -0.940. The molecule has 1 atom stereocenters. The number of likely N-dealkylation sites (N-methyl/N-ethyl adjacent to an activating group) is 1. The Morgan fingerprint density at radius 3 is 2.55 bits per heavy atom. The highest BCUT2D eigenvalue weighted by Gasteiger charge is 2.15. The van der Waals surface area contributed by atoms with Crippen LogP contribution in [-0.2, 0) is 6.42 Å². The second-order valence-corrected chi connectivity index (χ2v) is 6.17. The van der Waals surface area contributed by atoms with Crippen molar-refractivity contribution < 1.29 is 4.39 Å². The predicted molar refractivity (Wildman–Crippen MR) is 90.5 cm³/mol. The van der Waals surface area contributed by atoms with Crippen molar-refractivity contribution in [2.24, 2.45) is 0 Å². The molecule has 106 valence electrons. The molecule has 0 aliphatic rings. The van der Waals surface area contributed by atoms with Crippen LogP contribution in [-0.4, -0.2) is 7.05 Å². The van der Waals surface area contributed by atoms with E-state index in [0.717, 1.165) is 12.0 Å². The lowest BCUT2D eigenvalue weighted by atomic mass is 9.95. The molecule has 0 heterocycles. The fourth-order valence-corrected chi connectivity index (χ4v) is 3.15. The maximum Gasteiger partial charge on any atom is 0.123 e. The molecule has 0 amide bonds. The summed E-state index contributed by atoms with van der Waals surface area (Å²) in [7, 11) is 1.97. The predicted octanol–water partition coefficient (Wildman–Crippen LogP) is 4.55. The first-order valence-corrected chi connectivity index (χ1v) is 7.78. The zero-order valence-electron chi connectivity index (χ0n) is 12.0. The third kappa shape index (κ3) is 3.38. The smallest absolute Gasteiger partial charge is 0.123 e. The quantitative estimate of drug-likeness (QED) is 0.764. The monoisotopic (exact) mass is 383 g/mol. The van der Waals surface area contributed by atoms with Gasteiger partial charge in [0, 0.05) is 9.61 Å². The number of hydrogen-bond acceptors (Lipinski definition) is 1. The van der Waals surface area contributed by atoms with Crippen molar-refractivity contribution in [1.82, 2.24) is 5.32 Å². The maximum absolute atomic E-state index is 13.2. The molecule has 2 aromatic carbocycles. The van der Waals surface area contributed by atoms with Gasteiger partial charge in [0.25, 0.3) is 0 Å². The largest absolute Gasteiger partial charge is 0.313 e. The van der Waals surface area contributed by atoms with E-state index < -0.39 is 0 Å². The second-order valence-electron chi connectivity index (χ2n) is 5.09. The number of halogens is 2. The van der Waals surface area contributed by atoms with E-state index in [2.05, 4.69) is 53.0 Å². The van der Waals surface area contributed by atoms with E-state index in [1.165, 1.54) is 26.3 Å². The van der Waals surface area contributed by atoms with Gasteiger partial charge < -0.3 is 5.32 Å². The van der Waals surface area contributed by atoms with Gasteiger partial charge in [-0.25, -0.2) is 4.39 Å². The highest BCUT2D eigenvalue weighted by molar-refractivity contribution is 14.1. The zero-order valence-corrected chi connectivity index (χ0v) is 14.2. The summed E-state index contributed by atoms with van der Waals surface area (Å²) < 4.78 is 14.5. The van der Waals surface area contributed by atoms with Gasteiger partial charge >= 0.3 is 0 Å². The lowest BCUT2D eigenvalue weighted by molar-refractivity contribution is 0.584. The lowest BCUT2D eigenvalue weighted by Crippen LogP contribution is -2.20. The van der Waals surface area contributed by atoms with Gasteiger partial charge in [-0.05, 0) is 84.3 Å². The number of rotatable bonds is 4. The van der Waals surface area contributed by atoms with Crippen LogP contribution in [0.25, 0.3) is 0 Å². The van der Waals surface area contributed by atoms with Gasteiger partial charge in [-0.2, -0.15) is 0 Å². The van der Waals surface area contributed by atoms with E-state index >= 15 is 0 Å². The van der Waals surface area contributed by atoms with Crippen LogP contribution in [0, 0.1) is 23.2 Å². The average Bonchev–Trinajstić information content (AvgIpc) is 2.42. The fraction of sp³-hybridized carbons (Fsp3) is 0.294. The molecule has 0 aliphatic heterocycles. The topological polar surface area (TPSA) is 12.0 Å². The van der Waals surface area contributed by atoms with Crippen LogP contribution >= 0.6 is 22.6 Å². The second kappa shape index (κ2) is 6.68. The minimum atomic E-state index is -0.169. The van der Waals surface area contributed by atoms with E-state index in [1.54, 1.807) is 6.07 Å². The molecule has 0 saturated heterocycles. The van der Waals surface area contributed by atoms with E-state index in [0.29, 0.717) is 0 Å². The Morgan fingerprint density at radius 1 is 1.15 bits per heavy atom. The molecule has 0 spiro atoms. The molecule has 0 radical (unpaired) electrons. The normalized spacial score (nSPS) is 12.4. The molecule has 2 rings (SSSR count). The van der Waals surface area contributed by atoms with Gasteiger partial charge in [-0.1, -0.05) is 24.3 Å². The SMILES string of the molecule is CNC(Cc1ccc(F)cc1C)c1cccc(C)c1I. The van der Waals surface area contributed by atoms with Gasteiger partial charge in [0.05, 0.1) is 0 Å². The van der Waals surface area contributed by atoms with Gasteiger partial charge in [-0.15, -0.1) is 0 Å². The molecule has 0 bridgehead atoms. The molecule has 20 heavy (non-hydrogen) atoms. The van der Waals surface area contributed by atoms with Crippen LogP contribution in [0.2, 0.25) is 0 Å². The molecule has 1 nitrogen and oxygen atoms in total. The van der Waals surface area contributed by atoms with Crippen molar-refractivity contribution in [3.8, 4) is 0 Å². The molecule has 2 aromatic rings. The highest BCUT2D eigenvalue weighted by Crippen LogP contribution is 2.26. The van der Waals surface area contributed by atoms with Crippen LogP contribution in [0.15, 0.2) is 36.4 Å². The summed E-state index contributed by atoms with van der Waals surface area (Å²) in [5.41, 5.74) is 4.78. The van der Waals surface area contributed by atoms with Crippen molar-refractivity contribution >= 4 is 22.6 Å². The van der Waals surface area contributed by atoms with Gasteiger partial charge in [0.1, 0.15) is 5.82 Å². The van der Waals surface area contributed by atoms with Crippen molar-refractivity contribution in [3.63, 3.8) is 0 Å². The molecule has 0 saturated carbocycles. The molecular weight excluding hydrogens is 364 g/mol. The number of nitrogens with one attached hydrogen (secondary N) is 1. The van der Waals surface area contributed by atoms with Gasteiger partial charge in [0.15, 0.2) is 0 Å². The summed E-state index contributed by atoms with van der Waals surface area (Å²) in [5.74, 6) is -0.169. The average molecular weight is 383 g/mol. The molecule has 1 unspecified atom stereocenters. The third-order valence-electron chi connectivity index (χ3n) is 3.67. The van der Waals surface area contributed by atoms with Crippen molar-refractivity contribution in [2.75, 3.05) is 7.05 Å². The Labute approximate surface area is 133 Å². The van der Waals surface area contributed by atoms with Crippen LogP contribution in [0.5, 0.6) is 0 Å². The fourth-order valence-electron chi connectivity index (χ4n) is 2.41. The zero-order chi connectivity index (χ0) is 14.7. The van der Waals surface area contributed by atoms with Crippen LogP contribution in [0.3, 0.4) is 0 Å². The first-order chi connectivity index (χ1) is 9.52. The van der Waals surface area contributed by atoms with Crippen LogP contribution < -0.4 is 5.32 Å². The Kier molecular flexibility index (Phi) is 5.16. The number of hydrogen-bond donors (Lipinski definition) is 1. The molecule has 3 heteroatoms. The Balaban J connectivity index is 2.31. The first-order valence-electron chi connectivity index (χ1n) is 6.70. The Bertz CT molecular complexity index is 610. The third-order valence-corrected chi connectivity index (χ3v) is 5.15. The van der Waals surface area contributed by atoms with Crippen molar-refractivity contribution in [2.45, 2.75) is 26.3 Å². The molecule has 0 aromatic heterocycles. The van der Waals surface area contributed by atoms with Crippen molar-refractivity contribution in [1.29, 1.82) is 0 Å². The Morgan fingerprint density at radius 2 is 1.90 bits per heavy atom. The van der Waals surface area contributed by atoms with Gasteiger partial charge in [0.2, 0.25) is 0 Å². The van der Waals surface area contributed by atoms with Crippen LogP contribution in [0.4, 0.5) is 4.39 Å². The summed E-state index contributed by atoms with van der Waals surface area (Å²) in [6.45, 7) is 4.09. The van der Waals surface area contributed by atoms with E-state index in [9.17, 15) is 4.39 Å². The van der Waals surface area contributed by atoms with E-state index in [-0.39, 0.29) is 11.9 Å². The first kappa shape index (κ1) is 15.4. The summed E-state index contributed by atoms with van der Waals surface area (Å²) in [4.78, 5) is 0. The summed E-state index contributed by atoms with van der Waals surface area (Å²) >= 11 is 2.40. The standard InChI is InChI=1S/C17H19FIN/c1-11-5-4-6-15(17(11)19)16(20-3)10-13-7-8-14(18)9-12(13)2/h4-9,16,20H,10H2,1-3H3. The van der Waals surface area contributed by atoms with Gasteiger partial charge in [-0.3, -0.25) is 0 Å². The lowest BCUT2D eigenvalue weighted by Gasteiger charge is -2.20. The minimum Gasteiger partial charge on any atom is -0.313 e. The van der Waals surface area contributed by atoms with E-state index in [4.69, 9.17) is 0 Å². The summed E-state index contributed by atoms with van der Waals surface area (Å²) in [6, 6.07) is 11.6. The number of aryl methyl sites for hydroxylation is 2. The summed E-state index contributed by atoms with van der Waals surface area (Å²) in [5, 5.41) is 3.38. The molecule has 0 aliphatic carbocycles. The van der Waals surface area contributed by atoms with Crippen LogP contribution in [0.1, 0.15) is 28.3 Å². The minimum absolute atomic E-state index is 0.169. The maximum atomic E-state index is 13.2.